The number of primary amides is 1. The minimum Gasteiger partial charge on any atom is -0.388 e. The monoisotopic (exact) mass is 342 g/mol. The molecule has 0 bridgehead atoms. The van der Waals surface area contributed by atoms with Gasteiger partial charge < -0.3 is 10.8 Å². The molecule has 3 unspecified atom stereocenters. The second-order valence-corrected chi connectivity index (χ2v) is 6.55. The molecular weight excluding hydrogens is 319 g/mol. The zero-order valence-electron chi connectivity index (χ0n) is 14.0. The average molecular weight is 342 g/mol. The second kappa shape index (κ2) is 7.76. The molecule has 0 aromatic heterocycles. The highest BCUT2D eigenvalue weighted by molar-refractivity contribution is 5.81. The molecule has 1 aliphatic heterocycles. The Morgan fingerprint density at radius 2 is 1.84 bits per heavy atom. The number of carbonyl (C=O) groups excluding carboxylic acids is 1. The molecule has 3 atom stereocenters. The van der Waals surface area contributed by atoms with Crippen molar-refractivity contribution in [1.29, 1.82) is 0 Å². The lowest BCUT2D eigenvalue weighted by Gasteiger charge is -2.32. The van der Waals surface area contributed by atoms with Gasteiger partial charge in [-0.1, -0.05) is 42.5 Å². The molecule has 1 fully saturated rings. The Hall–Kier alpha value is -2.24. The van der Waals surface area contributed by atoms with Crippen LogP contribution in [0.25, 0.3) is 0 Å². The van der Waals surface area contributed by atoms with Crippen LogP contribution in [0.3, 0.4) is 0 Å². The number of likely N-dealkylation sites (tertiary alicyclic amines) is 1. The van der Waals surface area contributed by atoms with Gasteiger partial charge in [-0.25, -0.2) is 4.39 Å². The van der Waals surface area contributed by atoms with E-state index < -0.39 is 18.1 Å². The third kappa shape index (κ3) is 4.06. The molecule has 25 heavy (non-hydrogen) atoms. The molecule has 132 valence electrons. The molecule has 5 heteroatoms. The Morgan fingerprint density at radius 3 is 2.48 bits per heavy atom. The molecule has 1 saturated heterocycles. The predicted molar refractivity (Wildman–Crippen MR) is 94.1 cm³/mol. The van der Waals surface area contributed by atoms with Gasteiger partial charge in [0, 0.05) is 6.04 Å². The quantitative estimate of drug-likeness (QED) is 0.848. The topological polar surface area (TPSA) is 66.6 Å². The first-order valence-corrected chi connectivity index (χ1v) is 8.60. The van der Waals surface area contributed by atoms with E-state index in [1.807, 2.05) is 35.2 Å². The Kier molecular flexibility index (Phi) is 5.46. The van der Waals surface area contributed by atoms with Crippen molar-refractivity contribution in [3.05, 3.63) is 71.5 Å². The van der Waals surface area contributed by atoms with Crippen molar-refractivity contribution in [2.24, 2.45) is 5.73 Å². The second-order valence-electron chi connectivity index (χ2n) is 6.55. The van der Waals surface area contributed by atoms with Crippen LogP contribution in [0, 0.1) is 5.82 Å². The van der Waals surface area contributed by atoms with Gasteiger partial charge in [0.15, 0.2) is 0 Å². The normalized spacial score (nSPS) is 20.3. The molecule has 0 radical (unpaired) electrons. The first kappa shape index (κ1) is 17.6. The Labute approximate surface area is 147 Å². The van der Waals surface area contributed by atoms with E-state index in [1.165, 1.54) is 12.1 Å². The summed E-state index contributed by atoms with van der Waals surface area (Å²) < 4.78 is 13.2. The number of nitrogens with zero attached hydrogens (tertiary/aromatic N) is 1. The van der Waals surface area contributed by atoms with Gasteiger partial charge >= 0.3 is 0 Å². The fraction of sp³-hybridized carbons (Fsp3) is 0.350. The summed E-state index contributed by atoms with van der Waals surface area (Å²) >= 11 is 0. The SMILES string of the molecule is NC(=O)C(c1ccc(F)cc1)N1CCCC1CC(O)c1ccccc1. The standard InChI is InChI=1S/C20H23FN2O2/c21-16-10-8-15(9-11-16)19(20(22)25)23-12-4-7-17(23)13-18(24)14-5-2-1-3-6-14/h1-3,5-6,8-11,17-19,24H,4,7,12-13H2,(H2,22,25). The maximum Gasteiger partial charge on any atom is 0.239 e. The zero-order valence-corrected chi connectivity index (χ0v) is 14.0. The van der Waals surface area contributed by atoms with Crippen molar-refractivity contribution in [3.63, 3.8) is 0 Å². The van der Waals surface area contributed by atoms with Gasteiger partial charge in [0.1, 0.15) is 11.9 Å². The Bertz CT molecular complexity index is 705. The van der Waals surface area contributed by atoms with Crippen molar-refractivity contribution in [3.8, 4) is 0 Å². The number of hydrogen-bond donors (Lipinski definition) is 2. The molecule has 3 N–H and O–H groups in total. The summed E-state index contributed by atoms with van der Waals surface area (Å²) in [5.41, 5.74) is 7.21. The maximum atomic E-state index is 13.2. The lowest BCUT2D eigenvalue weighted by atomic mass is 9.98. The van der Waals surface area contributed by atoms with Crippen LogP contribution in [-0.4, -0.2) is 28.5 Å². The molecule has 1 aliphatic rings. The first-order chi connectivity index (χ1) is 12.1. The van der Waals surface area contributed by atoms with Crippen molar-refractivity contribution < 1.29 is 14.3 Å². The Balaban J connectivity index is 1.78. The number of rotatable bonds is 6. The van der Waals surface area contributed by atoms with Crippen LogP contribution in [-0.2, 0) is 4.79 Å². The molecule has 0 spiro atoms. The number of amides is 1. The van der Waals surface area contributed by atoms with Crippen LogP contribution in [0.2, 0.25) is 0 Å². The van der Waals surface area contributed by atoms with Crippen LogP contribution >= 0.6 is 0 Å². The van der Waals surface area contributed by atoms with E-state index in [-0.39, 0.29) is 11.9 Å². The van der Waals surface area contributed by atoms with Crippen molar-refractivity contribution in [1.82, 2.24) is 4.90 Å². The van der Waals surface area contributed by atoms with Crippen LogP contribution in [0.4, 0.5) is 4.39 Å². The van der Waals surface area contributed by atoms with E-state index in [0.29, 0.717) is 12.0 Å². The summed E-state index contributed by atoms with van der Waals surface area (Å²) in [5, 5.41) is 10.5. The minimum atomic E-state index is -0.601. The van der Waals surface area contributed by atoms with E-state index in [1.54, 1.807) is 12.1 Å². The fourth-order valence-corrected chi connectivity index (χ4v) is 3.68. The summed E-state index contributed by atoms with van der Waals surface area (Å²) in [4.78, 5) is 14.1. The van der Waals surface area contributed by atoms with Crippen molar-refractivity contribution in [2.75, 3.05) is 6.54 Å². The van der Waals surface area contributed by atoms with Gasteiger partial charge in [0.05, 0.1) is 6.10 Å². The summed E-state index contributed by atoms with van der Waals surface area (Å²) in [6.07, 6.45) is 1.79. The Morgan fingerprint density at radius 1 is 1.16 bits per heavy atom. The molecule has 2 aromatic carbocycles. The minimum absolute atomic E-state index is 0.0535. The summed E-state index contributed by atoms with van der Waals surface area (Å²) in [7, 11) is 0. The summed E-state index contributed by atoms with van der Waals surface area (Å²) in [6, 6.07) is 14.9. The number of aliphatic hydroxyl groups excluding tert-OH is 1. The van der Waals surface area contributed by atoms with Crippen molar-refractivity contribution >= 4 is 5.91 Å². The lowest BCUT2D eigenvalue weighted by Crippen LogP contribution is -2.41. The average Bonchev–Trinajstić information content (AvgIpc) is 3.05. The van der Waals surface area contributed by atoms with Crippen LogP contribution < -0.4 is 5.73 Å². The fourth-order valence-electron chi connectivity index (χ4n) is 3.68. The van der Waals surface area contributed by atoms with E-state index in [2.05, 4.69) is 0 Å². The van der Waals surface area contributed by atoms with Gasteiger partial charge in [0.25, 0.3) is 0 Å². The summed E-state index contributed by atoms with van der Waals surface area (Å²) in [6.45, 7) is 0.733. The third-order valence-electron chi connectivity index (χ3n) is 4.89. The highest BCUT2D eigenvalue weighted by Crippen LogP contribution is 2.34. The largest absolute Gasteiger partial charge is 0.388 e. The van der Waals surface area contributed by atoms with Gasteiger partial charge in [-0.05, 0) is 49.1 Å². The molecule has 3 rings (SSSR count). The number of nitrogens with two attached hydrogens (primary N) is 1. The summed E-state index contributed by atoms with van der Waals surface area (Å²) in [5.74, 6) is -0.794. The smallest absolute Gasteiger partial charge is 0.239 e. The van der Waals surface area contributed by atoms with Gasteiger partial charge in [0.2, 0.25) is 5.91 Å². The van der Waals surface area contributed by atoms with E-state index in [0.717, 1.165) is 24.9 Å². The molecule has 1 amide bonds. The van der Waals surface area contributed by atoms with Crippen LogP contribution in [0.1, 0.15) is 42.5 Å². The molecule has 2 aromatic rings. The predicted octanol–water partition coefficient (Wildman–Crippen LogP) is 2.94. The van der Waals surface area contributed by atoms with Crippen LogP contribution in [0.15, 0.2) is 54.6 Å². The molecule has 4 nitrogen and oxygen atoms in total. The van der Waals surface area contributed by atoms with E-state index >= 15 is 0 Å². The number of halogens is 1. The van der Waals surface area contributed by atoms with E-state index in [4.69, 9.17) is 5.73 Å². The number of benzene rings is 2. The highest BCUT2D eigenvalue weighted by Gasteiger charge is 2.35. The number of hydrogen-bond acceptors (Lipinski definition) is 3. The van der Waals surface area contributed by atoms with Crippen LogP contribution in [0.5, 0.6) is 0 Å². The van der Waals surface area contributed by atoms with Gasteiger partial charge in [-0.3, -0.25) is 9.69 Å². The van der Waals surface area contributed by atoms with Gasteiger partial charge in [-0.15, -0.1) is 0 Å². The zero-order chi connectivity index (χ0) is 17.8. The highest BCUT2D eigenvalue weighted by atomic mass is 19.1. The van der Waals surface area contributed by atoms with E-state index in [9.17, 15) is 14.3 Å². The number of carbonyl (C=O) groups is 1. The lowest BCUT2D eigenvalue weighted by molar-refractivity contribution is -0.124. The third-order valence-corrected chi connectivity index (χ3v) is 4.89. The van der Waals surface area contributed by atoms with Gasteiger partial charge in [-0.2, -0.15) is 0 Å². The molecule has 1 heterocycles. The maximum absolute atomic E-state index is 13.2. The molecule has 0 saturated carbocycles. The number of aliphatic hydroxyl groups is 1. The first-order valence-electron chi connectivity index (χ1n) is 8.60. The molecule has 0 aliphatic carbocycles. The van der Waals surface area contributed by atoms with Crippen molar-refractivity contribution in [2.45, 2.75) is 37.5 Å². The molecular formula is C20H23FN2O2.